The average molecular weight is 452 g/mol. The Morgan fingerprint density at radius 1 is 1.13 bits per heavy atom. The van der Waals surface area contributed by atoms with Crippen LogP contribution in [0.15, 0.2) is 65.6 Å². The molecule has 0 atom stereocenters. The minimum absolute atomic E-state index is 0.252. The second-order valence-electron chi connectivity index (χ2n) is 6.58. The van der Waals surface area contributed by atoms with Crippen LogP contribution in [0.1, 0.15) is 5.56 Å². The van der Waals surface area contributed by atoms with Gasteiger partial charge in [0.05, 0.1) is 17.7 Å². The van der Waals surface area contributed by atoms with Gasteiger partial charge in [0.1, 0.15) is 0 Å². The van der Waals surface area contributed by atoms with Crippen LogP contribution < -0.4 is 14.4 Å². The van der Waals surface area contributed by atoms with E-state index in [9.17, 15) is 9.59 Å². The number of rotatable bonds is 6. The standard InChI is InChI=1S/C23H17NO5S2/c1-28-18-11-5-8-15(21(18)29-13-20(25)26)12-19-22(27)24(23(30)31-19)17-10-4-7-14-6-2-3-9-16(14)17/h2-12H,13H2,1H3,(H,25,26)/b19-12-. The zero-order valence-corrected chi connectivity index (χ0v) is 18.0. The summed E-state index contributed by atoms with van der Waals surface area (Å²) >= 11 is 6.70. The van der Waals surface area contributed by atoms with Gasteiger partial charge in [0.2, 0.25) is 0 Å². The van der Waals surface area contributed by atoms with Crippen molar-refractivity contribution in [2.45, 2.75) is 0 Å². The normalized spacial score (nSPS) is 15.0. The number of para-hydroxylation sites is 1. The summed E-state index contributed by atoms with van der Waals surface area (Å²) in [6, 6.07) is 18.7. The van der Waals surface area contributed by atoms with Crippen molar-refractivity contribution in [2.75, 3.05) is 18.6 Å². The quantitative estimate of drug-likeness (QED) is 0.429. The zero-order chi connectivity index (χ0) is 22.0. The summed E-state index contributed by atoms with van der Waals surface area (Å²) in [6.45, 7) is -0.530. The van der Waals surface area contributed by atoms with Crippen LogP contribution in [0.3, 0.4) is 0 Å². The Hall–Kier alpha value is -3.36. The van der Waals surface area contributed by atoms with Crippen molar-refractivity contribution in [1.29, 1.82) is 0 Å². The molecule has 1 N–H and O–H groups in total. The van der Waals surface area contributed by atoms with E-state index in [1.807, 2.05) is 42.5 Å². The van der Waals surface area contributed by atoms with E-state index < -0.39 is 12.6 Å². The van der Waals surface area contributed by atoms with Gasteiger partial charge in [-0.1, -0.05) is 72.5 Å². The van der Waals surface area contributed by atoms with Gasteiger partial charge in [0.25, 0.3) is 5.91 Å². The predicted octanol–water partition coefficient (Wildman–Crippen LogP) is 4.72. The van der Waals surface area contributed by atoms with Crippen molar-refractivity contribution >= 4 is 62.7 Å². The highest BCUT2D eigenvalue weighted by Crippen LogP contribution is 2.41. The molecule has 1 fully saturated rings. The third-order valence-corrected chi connectivity index (χ3v) is 5.96. The Morgan fingerprint density at radius 3 is 2.65 bits per heavy atom. The van der Waals surface area contributed by atoms with Gasteiger partial charge in [0.15, 0.2) is 22.4 Å². The smallest absolute Gasteiger partial charge is 0.341 e. The molecular formula is C23H17NO5S2. The maximum Gasteiger partial charge on any atom is 0.341 e. The highest BCUT2D eigenvalue weighted by molar-refractivity contribution is 8.27. The van der Waals surface area contributed by atoms with Crippen LogP contribution >= 0.6 is 24.0 Å². The van der Waals surface area contributed by atoms with Crippen molar-refractivity contribution in [2.24, 2.45) is 0 Å². The lowest BCUT2D eigenvalue weighted by atomic mass is 10.1. The number of hydrogen-bond donors (Lipinski definition) is 1. The van der Waals surface area contributed by atoms with E-state index in [-0.39, 0.29) is 11.7 Å². The Balaban J connectivity index is 1.73. The average Bonchev–Trinajstić information content (AvgIpc) is 3.04. The number of amides is 1. The molecule has 0 radical (unpaired) electrons. The second-order valence-corrected chi connectivity index (χ2v) is 8.25. The number of carboxylic acid groups (broad SMARTS) is 1. The van der Waals surface area contributed by atoms with Crippen LogP contribution in [0.2, 0.25) is 0 Å². The number of methoxy groups -OCH3 is 1. The molecule has 0 unspecified atom stereocenters. The number of fused-ring (bicyclic) bond motifs is 1. The molecule has 0 saturated carbocycles. The minimum Gasteiger partial charge on any atom is -0.493 e. The number of anilines is 1. The maximum atomic E-state index is 13.3. The van der Waals surface area contributed by atoms with Crippen molar-refractivity contribution in [1.82, 2.24) is 0 Å². The molecule has 4 rings (SSSR count). The van der Waals surface area contributed by atoms with Gasteiger partial charge in [-0.05, 0) is 23.6 Å². The molecule has 0 bridgehead atoms. The molecule has 8 heteroatoms. The molecule has 31 heavy (non-hydrogen) atoms. The second kappa shape index (κ2) is 8.79. The minimum atomic E-state index is -1.11. The van der Waals surface area contributed by atoms with Crippen molar-refractivity contribution < 1.29 is 24.2 Å². The van der Waals surface area contributed by atoms with E-state index in [0.29, 0.717) is 20.5 Å². The number of ether oxygens (including phenoxy) is 2. The molecule has 6 nitrogen and oxygen atoms in total. The number of carbonyl (C=O) groups is 2. The predicted molar refractivity (Wildman–Crippen MR) is 126 cm³/mol. The SMILES string of the molecule is COc1cccc(/C=C2\SC(=S)N(c3cccc4ccccc34)C2=O)c1OCC(=O)O. The van der Waals surface area contributed by atoms with Crippen molar-refractivity contribution in [3.63, 3.8) is 0 Å². The zero-order valence-electron chi connectivity index (χ0n) is 16.4. The lowest BCUT2D eigenvalue weighted by molar-refractivity contribution is -0.139. The Kier molecular flexibility index (Phi) is 5.92. The molecule has 0 spiro atoms. The number of thiocarbonyl (C=S) groups is 1. The lowest BCUT2D eigenvalue weighted by Gasteiger charge is -2.17. The fourth-order valence-corrected chi connectivity index (χ4v) is 4.59. The van der Waals surface area contributed by atoms with Crippen LogP contribution in [0.5, 0.6) is 11.5 Å². The molecule has 3 aromatic rings. The molecule has 0 aliphatic carbocycles. The topological polar surface area (TPSA) is 76.1 Å². The van der Waals surface area contributed by atoms with E-state index in [2.05, 4.69) is 0 Å². The summed E-state index contributed by atoms with van der Waals surface area (Å²) in [5.41, 5.74) is 1.25. The molecule has 3 aromatic carbocycles. The van der Waals surface area contributed by atoms with E-state index in [0.717, 1.165) is 16.5 Å². The third-order valence-electron chi connectivity index (χ3n) is 4.66. The van der Waals surface area contributed by atoms with Gasteiger partial charge >= 0.3 is 5.97 Å². The van der Waals surface area contributed by atoms with Crippen LogP contribution in [-0.4, -0.2) is 35.0 Å². The summed E-state index contributed by atoms with van der Waals surface area (Å²) < 4.78 is 11.1. The highest BCUT2D eigenvalue weighted by Gasteiger charge is 2.34. The van der Waals surface area contributed by atoms with E-state index in [4.69, 9.17) is 26.8 Å². The first-order valence-electron chi connectivity index (χ1n) is 9.27. The van der Waals surface area contributed by atoms with Crippen LogP contribution in [-0.2, 0) is 9.59 Å². The fraction of sp³-hybridized carbons (Fsp3) is 0.0870. The summed E-state index contributed by atoms with van der Waals surface area (Å²) in [4.78, 5) is 26.2. The van der Waals surface area contributed by atoms with Crippen LogP contribution in [0, 0.1) is 0 Å². The molecule has 1 heterocycles. The highest BCUT2D eigenvalue weighted by atomic mass is 32.2. The maximum absolute atomic E-state index is 13.3. The van der Waals surface area contributed by atoms with E-state index in [1.165, 1.54) is 23.8 Å². The fourth-order valence-electron chi connectivity index (χ4n) is 3.32. The molecule has 1 saturated heterocycles. The van der Waals surface area contributed by atoms with Gasteiger partial charge in [0, 0.05) is 10.9 Å². The number of aliphatic carboxylic acids is 1. The number of carbonyl (C=O) groups excluding carboxylic acids is 1. The van der Waals surface area contributed by atoms with Crippen LogP contribution in [0.4, 0.5) is 5.69 Å². The van der Waals surface area contributed by atoms with Gasteiger partial charge in [-0.2, -0.15) is 0 Å². The molecule has 1 aliphatic rings. The third kappa shape index (κ3) is 4.12. The number of nitrogens with zero attached hydrogens (tertiary/aromatic N) is 1. The molecule has 0 aromatic heterocycles. The first kappa shape index (κ1) is 20.9. The van der Waals surface area contributed by atoms with Crippen molar-refractivity contribution in [3.05, 3.63) is 71.1 Å². The monoisotopic (exact) mass is 451 g/mol. The Labute approximate surface area is 188 Å². The van der Waals surface area contributed by atoms with E-state index in [1.54, 1.807) is 24.3 Å². The molecule has 1 aliphatic heterocycles. The Morgan fingerprint density at radius 2 is 1.87 bits per heavy atom. The Bertz CT molecular complexity index is 1230. The summed E-state index contributed by atoms with van der Waals surface area (Å²) in [6.07, 6.45) is 1.64. The number of benzene rings is 3. The molecular weight excluding hydrogens is 434 g/mol. The molecule has 156 valence electrons. The van der Waals surface area contributed by atoms with Crippen molar-refractivity contribution in [3.8, 4) is 11.5 Å². The summed E-state index contributed by atoms with van der Waals surface area (Å²) in [5, 5.41) is 10.9. The van der Waals surface area contributed by atoms with Gasteiger partial charge in [-0.25, -0.2) is 4.79 Å². The largest absolute Gasteiger partial charge is 0.493 e. The van der Waals surface area contributed by atoms with Gasteiger partial charge in [-0.15, -0.1) is 0 Å². The summed E-state index contributed by atoms with van der Waals surface area (Å²) in [5.74, 6) is -0.736. The van der Waals surface area contributed by atoms with Gasteiger partial charge in [-0.3, -0.25) is 9.69 Å². The first-order valence-corrected chi connectivity index (χ1v) is 10.5. The number of thioether (sulfide) groups is 1. The van der Waals surface area contributed by atoms with E-state index >= 15 is 0 Å². The van der Waals surface area contributed by atoms with Gasteiger partial charge < -0.3 is 14.6 Å². The number of hydrogen-bond acceptors (Lipinski definition) is 6. The molecule has 1 amide bonds. The number of carboxylic acids is 1. The lowest BCUT2D eigenvalue weighted by Crippen LogP contribution is -2.27. The summed E-state index contributed by atoms with van der Waals surface area (Å²) in [7, 11) is 1.47. The first-order chi connectivity index (χ1) is 15.0. The van der Waals surface area contributed by atoms with Crippen LogP contribution in [0.25, 0.3) is 16.8 Å².